The van der Waals surface area contributed by atoms with Crippen molar-refractivity contribution in [3.63, 3.8) is 0 Å². The van der Waals surface area contributed by atoms with E-state index >= 15 is 0 Å². The van der Waals surface area contributed by atoms with Crippen molar-refractivity contribution in [2.24, 2.45) is 5.41 Å². The van der Waals surface area contributed by atoms with Crippen LogP contribution in [0.2, 0.25) is 0 Å². The van der Waals surface area contributed by atoms with E-state index in [1.807, 2.05) is 18.3 Å². The van der Waals surface area contributed by atoms with Crippen LogP contribution in [0, 0.1) is 5.41 Å². The summed E-state index contributed by atoms with van der Waals surface area (Å²) in [6, 6.07) is 6.06. The second-order valence-electron chi connectivity index (χ2n) is 5.49. The first-order chi connectivity index (χ1) is 7.98. The quantitative estimate of drug-likeness (QED) is 0.764. The Morgan fingerprint density at radius 2 is 1.88 bits per heavy atom. The minimum absolute atomic E-state index is 0.0330. The number of rotatable bonds is 5. The van der Waals surface area contributed by atoms with Crippen molar-refractivity contribution in [2.45, 2.75) is 53.1 Å². The molecule has 2 nitrogen and oxygen atoms in total. The monoisotopic (exact) mass is 235 g/mol. The summed E-state index contributed by atoms with van der Waals surface area (Å²) in [5.74, 6) is 0. The molecule has 96 valence electrons. The first-order valence-corrected chi connectivity index (χ1v) is 6.53. The Hall–Kier alpha value is -0.890. The van der Waals surface area contributed by atoms with Gasteiger partial charge in [-0.3, -0.25) is 4.98 Å². The van der Waals surface area contributed by atoms with E-state index in [0.29, 0.717) is 0 Å². The van der Waals surface area contributed by atoms with Crippen LogP contribution in [-0.4, -0.2) is 11.6 Å². The number of hydrogen-bond donors (Lipinski definition) is 0. The van der Waals surface area contributed by atoms with Crippen LogP contribution in [0.3, 0.4) is 0 Å². The van der Waals surface area contributed by atoms with Crippen molar-refractivity contribution in [2.75, 3.05) is 6.61 Å². The highest BCUT2D eigenvalue weighted by atomic mass is 16.5. The average molecular weight is 235 g/mol. The molecule has 1 rings (SSSR count). The van der Waals surface area contributed by atoms with Gasteiger partial charge in [0.05, 0.1) is 5.69 Å². The standard InChI is InChI=1S/C15H25NO/c1-6-12-17-15(7-2,14(3,4)5)13-10-8-9-11-16-13/h8-11H,6-7,12H2,1-5H3. The van der Waals surface area contributed by atoms with E-state index in [1.165, 1.54) is 0 Å². The van der Waals surface area contributed by atoms with Gasteiger partial charge in [-0.1, -0.05) is 40.7 Å². The van der Waals surface area contributed by atoms with Crippen LogP contribution in [0.25, 0.3) is 0 Å². The summed E-state index contributed by atoms with van der Waals surface area (Å²) < 4.78 is 6.22. The van der Waals surface area contributed by atoms with E-state index in [2.05, 4.69) is 45.7 Å². The van der Waals surface area contributed by atoms with Crippen LogP contribution < -0.4 is 0 Å². The SMILES string of the molecule is CCCOC(CC)(c1ccccn1)C(C)(C)C. The van der Waals surface area contributed by atoms with Gasteiger partial charge in [0, 0.05) is 12.8 Å². The fraction of sp³-hybridized carbons (Fsp3) is 0.667. The number of hydrogen-bond acceptors (Lipinski definition) is 2. The molecule has 0 aliphatic rings. The van der Waals surface area contributed by atoms with Crippen molar-refractivity contribution in [3.8, 4) is 0 Å². The first-order valence-electron chi connectivity index (χ1n) is 6.53. The Morgan fingerprint density at radius 3 is 2.29 bits per heavy atom. The molecule has 1 aromatic rings. The molecule has 2 heteroatoms. The van der Waals surface area contributed by atoms with Gasteiger partial charge in [-0.2, -0.15) is 0 Å². The fourth-order valence-electron chi connectivity index (χ4n) is 2.37. The van der Waals surface area contributed by atoms with Gasteiger partial charge in [-0.25, -0.2) is 0 Å². The second kappa shape index (κ2) is 5.63. The molecule has 0 fully saturated rings. The molecule has 1 atom stereocenters. The number of ether oxygens (including phenoxy) is 1. The summed E-state index contributed by atoms with van der Waals surface area (Å²) in [5, 5.41) is 0. The summed E-state index contributed by atoms with van der Waals surface area (Å²) in [6.07, 6.45) is 3.82. The maximum atomic E-state index is 6.22. The molecule has 0 N–H and O–H groups in total. The maximum Gasteiger partial charge on any atom is 0.114 e. The molecule has 0 aromatic carbocycles. The zero-order valence-electron chi connectivity index (χ0n) is 11.8. The lowest BCUT2D eigenvalue weighted by molar-refractivity contribution is -0.130. The van der Waals surface area contributed by atoms with Gasteiger partial charge >= 0.3 is 0 Å². The van der Waals surface area contributed by atoms with Gasteiger partial charge in [0.2, 0.25) is 0 Å². The summed E-state index contributed by atoms with van der Waals surface area (Å²) in [4.78, 5) is 4.52. The number of aromatic nitrogens is 1. The van der Waals surface area contributed by atoms with Crippen LogP contribution in [-0.2, 0) is 10.3 Å². The van der Waals surface area contributed by atoms with Crippen molar-refractivity contribution >= 4 is 0 Å². The molecule has 1 unspecified atom stereocenters. The molecule has 0 aliphatic carbocycles. The maximum absolute atomic E-state index is 6.22. The predicted octanol–water partition coefficient (Wildman–Crippen LogP) is 4.16. The van der Waals surface area contributed by atoms with E-state index in [0.717, 1.165) is 25.1 Å². The van der Waals surface area contributed by atoms with E-state index in [4.69, 9.17) is 4.74 Å². The van der Waals surface area contributed by atoms with Gasteiger partial charge in [0.25, 0.3) is 0 Å². The van der Waals surface area contributed by atoms with Gasteiger partial charge in [0.15, 0.2) is 0 Å². The molecular formula is C15H25NO. The van der Waals surface area contributed by atoms with Crippen LogP contribution in [0.15, 0.2) is 24.4 Å². The van der Waals surface area contributed by atoms with Crippen LogP contribution >= 0.6 is 0 Å². The normalized spacial score (nSPS) is 15.6. The van der Waals surface area contributed by atoms with Gasteiger partial charge in [-0.05, 0) is 30.4 Å². The minimum atomic E-state index is -0.287. The molecule has 0 radical (unpaired) electrons. The van der Waals surface area contributed by atoms with Crippen molar-refractivity contribution in [1.29, 1.82) is 0 Å². The third-order valence-corrected chi connectivity index (χ3v) is 3.34. The summed E-state index contributed by atoms with van der Waals surface area (Å²) in [7, 11) is 0. The molecule has 0 aliphatic heterocycles. The zero-order chi connectivity index (χ0) is 12.9. The first kappa shape index (κ1) is 14.2. The van der Waals surface area contributed by atoms with Gasteiger partial charge in [-0.15, -0.1) is 0 Å². The highest BCUT2D eigenvalue weighted by Crippen LogP contribution is 2.44. The average Bonchev–Trinajstić information content (AvgIpc) is 2.30. The molecule has 0 spiro atoms. The lowest BCUT2D eigenvalue weighted by atomic mass is 9.72. The number of pyridine rings is 1. The molecule has 1 aromatic heterocycles. The Bertz CT molecular complexity index is 329. The van der Waals surface area contributed by atoms with Crippen LogP contribution in [0.1, 0.15) is 53.2 Å². The molecule has 1 heterocycles. The lowest BCUT2D eigenvalue weighted by Crippen LogP contribution is -2.43. The van der Waals surface area contributed by atoms with Crippen LogP contribution in [0.5, 0.6) is 0 Å². The molecular weight excluding hydrogens is 210 g/mol. The molecule has 0 bridgehead atoms. The Kier molecular flexibility index (Phi) is 4.70. The number of nitrogens with zero attached hydrogens (tertiary/aromatic N) is 1. The van der Waals surface area contributed by atoms with Crippen LogP contribution in [0.4, 0.5) is 0 Å². The Morgan fingerprint density at radius 1 is 1.18 bits per heavy atom. The second-order valence-corrected chi connectivity index (χ2v) is 5.49. The topological polar surface area (TPSA) is 22.1 Å². The summed E-state index contributed by atoms with van der Waals surface area (Å²) in [5.41, 5.74) is 0.790. The molecule has 17 heavy (non-hydrogen) atoms. The Labute approximate surface area is 105 Å². The van der Waals surface area contributed by atoms with Crippen molar-refractivity contribution in [3.05, 3.63) is 30.1 Å². The third-order valence-electron chi connectivity index (χ3n) is 3.34. The van der Waals surface area contributed by atoms with E-state index in [1.54, 1.807) is 0 Å². The summed E-state index contributed by atoms with van der Waals surface area (Å²) >= 11 is 0. The molecule has 0 amide bonds. The lowest BCUT2D eigenvalue weighted by Gasteiger charge is -2.43. The van der Waals surface area contributed by atoms with Crippen molar-refractivity contribution in [1.82, 2.24) is 4.98 Å². The largest absolute Gasteiger partial charge is 0.368 e. The summed E-state index contributed by atoms with van der Waals surface area (Å²) in [6.45, 7) is 11.8. The zero-order valence-corrected chi connectivity index (χ0v) is 11.8. The van der Waals surface area contributed by atoms with E-state index in [9.17, 15) is 0 Å². The molecule has 0 saturated carbocycles. The Balaban J connectivity index is 3.17. The highest BCUT2D eigenvalue weighted by Gasteiger charge is 2.44. The smallest absolute Gasteiger partial charge is 0.114 e. The highest BCUT2D eigenvalue weighted by molar-refractivity contribution is 5.16. The van der Waals surface area contributed by atoms with Gasteiger partial charge < -0.3 is 4.74 Å². The van der Waals surface area contributed by atoms with Crippen molar-refractivity contribution < 1.29 is 4.74 Å². The van der Waals surface area contributed by atoms with E-state index in [-0.39, 0.29) is 11.0 Å². The molecule has 0 saturated heterocycles. The fourth-order valence-corrected chi connectivity index (χ4v) is 2.37. The predicted molar refractivity (Wildman–Crippen MR) is 71.9 cm³/mol. The van der Waals surface area contributed by atoms with E-state index < -0.39 is 0 Å². The van der Waals surface area contributed by atoms with Gasteiger partial charge in [0.1, 0.15) is 5.60 Å². The minimum Gasteiger partial charge on any atom is -0.368 e. The third kappa shape index (κ3) is 2.86.